The van der Waals surface area contributed by atoms with Crippen LogP contribution in [0.2, 0.25) is 0 Å². The number of aliphatic hydroxyl groups is 1. The molecule has 0 aromatic heterocycles. The highest BCUT2D eigenvalue weighted by molar-refractivity contribution is 5.83. The number of carbonyl (C=O) groups excluding carboxylic acids is 2. The van der Waals surface area contributed by atoms with Gasteiger partial charge in [0.25, 0.3) is 6.43 Å². The largest absolute Gasteiger partial charge is 0.395 e. The van der Waals surface area contributed by atoms with E-state index in [9.17, 15) is 18.4 Å². The molecule has 0 radical (unpaired) electrons. The van der Waals surface area contributed by atoms with E-state index in [2.05, 4.69) is 5.32 Å². The molecule has 1 rings (SSSR count). The predicted octanol–water partition coefficient (Wildman–Crippen LogP) is -0.401. The van der Waals surface area contributed by atoms with E-state index >= 15 is 0 Å². The summed E-state index contributed by atoms with van der Waals surface area (Å²) in [6.45, 7) is -0.947. The number of nitrogens with zero attached hydrogens (tertiary/aromatic N) is 1. The Hall–Kier alpha value is -1.24. The standard InChI is InChI=1S/C10H16F2N2O3/c11-8(12)6-14(3-4-15)10(17)7-1-2-9(16)13-5-7/h7-8,15H,1-6H2,(H,13,16). The number of carbonyl (C=O) groups is 2. The Labute approximate surface area is 97.8 Å². The minimum absolute atomic E-state index is 0.104. The van der Waals surface area contributed by atoms with Crippen molar-refractivity contribution in [3.05, 3.63) is 0 Å². The van der Waals surface area contributed by atoms with Gasteiger partial charge in [0, 0.05) is 19.5 Å². The summed E-state index contributed by atoms with van der Waals surface area (Å²) in [5.74, 6) is -1.02. The number of halogens is 2. The van der Waals surface area contributed by atoms with Crippen LogP contribution in [-0.4, -0.2) is 54.5 Å². The van der Waals surface area contributed by atoms with Crippen LogP contribution in [0.25, 0.3) is 0 Å². The summed E-state index contributed by atoms with van der Waals surface area (Å²) in [4.78, 5) is 23.7. The molecular formula is C10H16F2N2O3. The number of hydrogen-bond acceptors (Lipinski definition) is 3. The number of aliphatic hydroxyl groups excluding tert-OH is 1. The van der Waals surface area contributed by atoms with Gasteiger partial charge in [0.15, 0.2) is 0 Å². The summed E-state index contributed by atoms with van der Waals surface area (Å²) in [5, 5.41) is 11.3. The molecule has 0 bridgehead atoms. The Balaban J connectivity index is 2.54. The first-order chi connectivity index (χ1) is 8.04. The maximum Gasteiger partial charge on any atom is 0.255 e. The third-order valence-corrected chi connectivity index (χ3v) is 2.65. The fourth-order valence-electron chi connectivity index (χ4n) is 1.78. The molecule has 1 saturated heterocycles. The zero-order valence-corrected chi connectivity index (χ0v) is 9.36. The Kier molecular flexibility index (Phi) is 5.27. The second-order valence-corrected chi connectivity index (χ2v) is 3.94. The average molecular weight is 250 g/mol. The first-order valence-corrected chi connectivity index (χ1v) is 5.49. The van der Waals surface area contributed by atoms with Gasteiger partial charge in [0.2, 0.25) is 11.8 Å². The number of amides is 2. The van der Waals surface area contributed by atoms with Crippen molar-refractivity contribution in [3.63, 3.8) is 0 Å². The van der Waals surface area contributed by atoms with Crippen molar-refractivity contribution in [2.45, 2.75) is 19.3 Å². The Bertz CT molecular complexity index is 277. The molecule has 7 heteroatoms. The molecule has 1 aliphatic rings. The molecule has 1 aliphatic heterocycles. The third kappa shape index (κ3) is 4.26. The number of rotatable bonds is 5. The van der Waals surface area contributed by atoms with Gasteiger partial charge in [-0.1, -0.05) is 0 Å². The molecule has 1 fully saturated rings. The van der Waals surface area contributed by atoms with Crippen molar-refractivity contribution in [1.29, 1.82) is 0 Å². The van der Waals surface area contributed by atoms with Crippen LogP contribution in [0.15, 0.2) is 0 Å². The number of piperidine rings is 1. The summed E-state index contributed by atoms with van der Waals surface area (Å²) < 4.78 is 24.5. The molecule has 98 valence electrons. The van der Waals surface area contributed by atoms with Gasteiger partial charge >= 0.3 is 0 Å². The van der Waals surface area contributed by atoms with Crippen LogP contribution in [0.5, 0.6) is 0 Å². The maximum atomic E-state index is 12.3. The van der Waals surface area contributed by atoms with E-state index in [0.717, 1.165) is 4.90 Å². The molecule has 1 heterocycles. The lowest BCUT2D eigenvalue weighted by atomic mass is 9.97. The van der Waals surface area contributed by atoms with Crippen LogP contribution < -0.4 is 5.32 Å². The van der Waals surface area contributed by atoms with Gasteiger partial charge in [-0.05, 0) is 6.42 Å². The quantitative estimate of drug-likeness (QED) is 0.697. The second kappa shape index (κ2) is 6.48. The van der Waals surface area contributed by atoms with E-state index in [4.69, 9.17) is 5.11 Å². The van der Waals surface area contributed by atoms with Gasteiger partial charge < -0.3 is 15.3 Å². The minimum atomic E-state index is -2.62. The predicted molar refractivity (Wildman–Crippen MR) is 55.4 cm³/mol. The van der Waals surface area contributed by atoms with Crippen LogP contribution >= 0.6 is 0 Å². The van der Waals surface area contributed by atoms with Gasteiger partial charge in [0.1, 0.15) is 0 Å². The fourth-order valence-corrected chi connectivity index (χ4v) is 1.78. The lowest BCUT2D eigenvalue weighted by molar-refractivity contribution is -0.139. The first-order valence-electron chi connectivity index (χ1n) is 5.49. The van der Waals surface area contributed by atoms with Crippen molar-refractivity contribution in [3.8, 4) is 0 Å². The van der Waals surface area contributed by atoms with Crippen LogP contribution in [0.1, 0.15) is 12.8 Å². The smallest absolute Gasteiger partial charge is 0.255 e. The zero-order chi connectivity index (χ0) is 12.8. The topological polar surface area (TPSA) is 69.6 Å². The summed E-state index contributed by atoms with van der Waals surface area (Å²) in [7, 11) is 0. The molecule has 2 N–H and O–H groups in total. The second-order valence-electron chi connectivity index (χ2n) is 3.94. The fraction of sp³-hybridized carbons (Fsp3) is 0.800. The summed E-state index contributed by atoms with van der Waals surface area (Å²) in [5.41, 5.74) is 0. The van der Waals surface area contributed by atoms with E-state index < -0.39 is 24.8 Å². The Morgan fingerprint density at radius 2 is 2.29 bits per heavy atom. The van der Waals surface area contributed by atoms with Gasteiger partial charge in [0.05, 0.1) is 19.1 Å². The summed E-state index contributed by atoms with van der Waals surface area (Å²) in [6.07, 6.45) is -2.02. The highest BCUT2D eigenvalue weighted by Gasteiger charge is 2.29. The van der Waals surface area contributed by atoms with E-state index in [0.29, 0.717) is 6.42 Å². The molecule has 2 amide bonds. The van der Waals surface area contributed by atoms with Crippen molar-refractivity contribution in [2.75, 3.05) is 26.2 Å². The van der Waals surface area contributed by atoms with E-state index in [-0.39, 0.29) is 32.0 Å². The van der Waals surface area contributed by atoms with Gasteiger partial charge in [-0.15, -0.1) is 0 Å². The molecule has 17 heavy (non-hydrogen) atoms. The normalized spacial score (nSPS) is 20.2. The summed E-state index contributed by atoms with van der Waals surface area (Å²) in [6, 6.07) is 0. The van der Waals surface area contributed by atoms with Crippen LogP contribution in [0.4, 0.5) is 8.78 Å². The SMILES string of the molecule is O=C1CCC(C(=O)N(CCO)CC(F)F)CN1. The van der Waals surface area contributed by atoms with Crippen molar-refractivity contribution < 1.29 is 23.5 Å². The monoisotopic (exact) mass is 250 g/mol. The van der Waals surface area contributed by atoms with Gasteiger partial charge in [-0.2, -0.15) is 0 Å². The molecular weight excluding hydrogens is 234 g/mol. The molecule has 0 spiro atoms. The molecule has 1 unspecified atom stereocenters. The molecule has 0 aromatic carbocycles. The Morgan fingerprint density at radius 1 is 1.59 bits per heavy atom. The van der Waals surface area contributed by atoms with E-state index in [1.54, 1.807) is 0 Å². The maximum absolute atomic E-state index is 12.3. The molecule has 0 saturated carbocycles. The van der Waals surface area contributed by atoms with Gasteiger partial charge in [-0.25, -0.2) is 8.78 Å². The number of hydrogen-bond donors (Lipinski definition) is 2. The van der Waals surface area contributed by atoms with Crippen molar-refractivity contribution in [2.24, 2.45) is 5.92 Å². The Morgan fingerprint density at radius 3 is 2.76 bits per heavy atom. The highest BCUT2D eigenvalue weighted by Crippen LogP contribution is 2.14. The van der Waals surface area contributed by atoms with E-state index in [1.165, 1.54) is 0 Å². The number of nitrogens with one attached hydrogen (secondary N) is 1. The third-order valence-electron chi connectivity index (χ3n) is 2.65. The summed E-state index contributed by atoms with van der Waals surface area (Å²) >= 11 is 0. The average Bonchev–Trinajstić information content (AvgIpc) is 2.28. The zero-order valence-electron chi connectivity index (χ0n) is 9.36. The van der Waals surface area contributed by atoms with Gasteiger partial charge in [-0.3, -0.25) is 9.59 Å². The molecule has 1 atom stereocenters. The molecule has 0 aromatic rings. The first kappa shape index (κ1) is 13.8. The van der Waals surface area contributed by atoms with Crippen LogP contribution in [0, 0.1) is 5.92 Å². The number of alkyl halides is 2. The lowest BCUT2D eigenvalue weighted by Gasteiger charge is -2.28. The van der Waals surface area contributed by atoms with Crippen LogP contribution in [0.3, 0.4) is 0 Å². The highest BCUT2D eigenvalue weighted by atomic mass is 19.3. The lowest BCUT2D eigenvalue weighted by Crippen LogP contribution is -2.47. The molecule has 0 aliphatic carbocycles. The van der Waals surface area contributed by atoms with E-state index in [1.807, 2.05) is 0 Å². The van der Waals surface area contributed by atoms with Crippen molar-refractivity contribution in [1.82, 2.24) is 10.2 Å². The van der Waals surface area contributed by atoms with Crippen LogP contribution in [-0.2, 0) is 9.59 Å². The van der Waals surface area contributed by atoms with Crippen molar-refractivity contribution >= 4 is 11.8 Å². The minimum Gasteiger partial charge on any atom is -0.395 e. The molecule has 5 nitrogen and oxygen atoms in total.